The Labute approximate surface area is 117 Å². The van der Waals surface area contributed by atoms with Crippen LogP contribution >= 0.6 is 0 Å². The molecule has 0 aliphatic carbocycles. The molecule has 2 rings (SSSR count). The first-order valence-corrected chi connectivity index (χ1v) is 6.00. The van der Waals surface area contributed by atoms with E-state index in [0.29, 0.717) is 17.0 Å². The maximum atomic E-state index is 9.08. The van der Waals surface area contributed by atoms with Crippen LogP contribution in [-0.2, 0) is 0 Å². The zero-order chi connectivity index (χ0) is 14.4. The topological polar surface area (TPSA) is 85.5 Å². The van der Waals surface area contributed by atoms with E-state index in [1.54, 1.807) is 31.6 Å². The second kappa shape index (κ2) is 6.25. The molecule has 0 atom stereocenters. The zero-order valence-corrected chi connectivity index (χ0v) is 11.0. The third-order valence-corrected chi connectivity index (χ3v) is 2.76. The SMILES string of the molecule is CNc1ccc(/C=C/c2nccnc2C=N)cc1C#N. The molecule has 5 nitrogen and oxygen atoms in total. The second-order valence-corrected chi connectivity index (χ2v) is 3.97. The van der Waals surface area contributed by atoms with E-state index in [-0.39, 0.29) is 0 Å². The van der Waals surface area contributed by atoms with E-state index in [1.165, 1.54) is 0 Å². The molecule has 1 aromatic heterocycles. The fourth-order valence-corrected chi connectivity index (χ4v) is 1.75. The van der Waals surface area contributed by atoms with Gasteiger partial charge in [0.05, 0.1) is 16.9 Å². The summed E-state index contributed by atoms with van der Waals surface area (Å²) in [5.74, 6) is 0. The molecule has 0 aliphatic rings. The molecule has 98 valence electrons. The van der Waals surface area contributed by atoms with Crippen molar-refractivity contribution < 1.29 is 0 Å². The Kier molecular flexibility index (Phi) is 4.20. The van der Waals surface area contributed by atoms with Crippen molar-refractivity contribution in [1.82, 2.24) is 9.97 Å². The number of nitrogens with one attached hydrogen (secondary N) is 2. The van der Waals surface area contributed by atoms with E-state index in [9.17, 15) is 0 Å². The van der Waals surface area contributed by atoms with Gasteiger partial charge in [-0.2, -0.15) is 5.26 Å². The van der Waals surface area contributed by atoms with Gasteiger partial charge in [-0.15, -0.1) is 0 Å². The maximum absolute atomic E-state index is 9.08. The lowest BCUT2D eigenvalue weighted by Gasteiger charge is -2.03. The molecule has 20 heavy (non-hydrogen) atoms. The van der Waals surface area contributed by atoms with Gasteiger partial charge in [-0.1, -0.05) is 12.1 Å². The smallest absolute Gasteiger partial charge is 0.106 e. The molecule has 0 fully saturated rings. The summed E-state index contributed by atoms with van der Waals surface area (Å²) in [4.78, 5) is 8.21. The van der Waals surface area contributed by atoms with Crippen molar-refractivity contribution >= 4 is 24.1 Å². The second-order valence-electron chi connectivity index (χ2n) is 3.97. The summed E-state index contributed by atoms with van der Waals surface area (Å²) >= 11 is 0. The van der Waals surface area contributed by atoms with Gasteiger partial charge < -0.3 is 10.7 Å². The molecule has 0 amide bonds. The molecular weight excluding hydrogens is 250 g/mol. The molecule has 0 radical (unpaired) electrons. The van der Waals surface area contributed by atoms with E-state index in [2.05, 4.69) is 21.4 Å². The molecule has 1 aromatic carbocycles. The summed E-state index contributed by atoms with van der Waals surface area (Å²) in [6.07, 6.45) is 7.92. The molecule has 0 saturated heterocycles. The van der Waals surface area contributed by atoms with Crippen molar-refractivity contribution in [3.63, 3.8) is 0 Å². The third-order valence-electron chi connectivity index (χ3n) is 2.76. The van der Waals surface area contributed by atoms with Crippen LogP contribution in [0, 0.1) is 16.7 Å². The van der Waals surface area contributed by atoms with Crippen LogP contribution in [0.2, 0.25) is 0 Å². The number of nitrogens with zero attached hydrogens (tertiary/aromatic N) is 3. The Morgan fingerprint density at radius 3 is 2.60 bits per heavy atom. The summed E-state index contributed by atoms with van der Waals surface area (Å²) in [5.41, 5.74) is 3.40. The molecule has 0 saturated carbocycles. The van der Waals surface area contributed by atoms with Crippen LogP contribution in [-0.4, -0.2) is 23.2 Å². The van der Waals surface area contributed by atoms with Crippen molar-refractivity contribution in [3.8, 4) is 6.07 Å². The first-order valence-electron chi connectivity index (χ1n) is 6.00. The quantitative estimate of drug-likeness (QED) is 0.830. The fraction of sp³-hybridized carbons (Fsp3) is 0.0667. The van der Waals surface area contributed by atoms with Gasteiger partial charge in [0.1, 0.15) is 11.8 Å². The molecule has 0 bridgehead atoms. The molecule has 1 heterocycles. The van der Waals surface area contributed by atoms with Gasteiger partial charge in [-0.05, 0) is 23.8 Å². The number of aromatic nitrogens is 2. The largest absolute Gasteiger partial charge is 0.387 e. The summed E-state index contributed by atoms with van der Waals surface area (Å²) < 4.78 is 0. The van der Waals surface area contributed by atoms with Gasteiger partial charge in [-0.25, -0.2) is 0 Å². The van der Waals surface area contributed by atoms with Gasteiger partial charge >= 0.3 is 0 Å². The van der Waals surface area contributed by atoms with E-state index in [4.69, 9.17) is 10.7 Å². The minimum atomic E-state index is 0.510. The minimum absolute atomic E-state index is 0.510. The monoisotopic (exact) mass is 263 g/mol. The highest BCUT2D eigenvalue weighted by Gasteiger charge is 2.01. The van der Waals surface area contributed by atoms with Gasteiger partial charge in [0, 0.05) is 25.7 Å². The Bertz CT molecular complexity index is 698. The predicted octanol–water partition coefficient (Wildman–Crippen LogP) is 2.56. The maximum Gasteiger partial charge on any atom is 0.106 e. The number of benzene rings is 1. The average Bonchev–Trinajstić information content (AvgIpc) is 2.52. The lowest BCUT2D eigenvalue weighted by atomic mass is 10.1. The lowest BCUT2D eigenvalue weighted by Crippen LogP contribution is -1.94. The zero-order valence-electron chi connectivity index (χ0n) is 11.0. The Hall–Kier alpha value is -3.00. The number of rotatable bonds is 4. The van der Waals surface area contributed by atoms with E-state index < -0.39 is 0 Å². The fourth-order valence-electron chi connectivity index (χ4n) is 1.75. The first-order chi connectivity index (χ1) is 9.78. The molecular formula is C15H13N5. The van der Waals surface area contributed by atoms with E-state index in [1.807, 2.05) is 18.2 Å². The standard InChI is InChI=1S/C15H13N5/c1-18-13-4-2-11(8-12(13)9-16)3-5-14-15(10-17)20-7-6-19-14/h2-8,10,17-18H,1H3/b5-3+,17-10?. The first kappa shape index (κ1) is 13.4. The Balaban J connectivity index is 2.32. The summed E-state index contributed by atoms with van der Waals surface area (Å²) in [6, 6.07) is 7.70. The minimum Gasteiger partial charge on any atom is -0.387 e. The number of nitriles is 1. The van der Waals surface area contributed by atoms with Crippen LogP contribution in [0.1, 0.15) is 22.5 Å². The summed E-state index contributed by atoms with van der Waals surface area (Å²) in [5, 5.41) is 19.3. The van der Waals surface area contributed by atoms with Gasteiger partial charge in [0.15, 0.2) is 0 Å². The molecule has 0 unspecified atom stereocenters. The van der Waals surface area contributed by atoms with Crippen LogP contribution in [0.25, 0.3) is 12.2 Å². The van der Waals surface area contributed by atoms with Crippen LogP contribution in [0.4, 0.5) is 5.69 Å². The van der Waals surface area contributed by atoms with Crippen molar-refractivity contribution in [2.45, 2.75) is 0 Å². The number of hydrogen-bond donors (Lipinski definition) is 2. The average molecular weight is 263 g/mol. The number of hydrogen-bond acceptors (Lipinski definition) is 5. The highest BCUT2D eigenvalue weighted by molar-refractivity contribution is 5.82. The highest BCUT2D eigenvalue weighted by Crippen LogP contribution is 2.17. The van der Waals surface area contributed by atoms with E-state index >= 15 is 0 Å². The highest BCUT2D eigenvalue weighted by atomic mass is 14.8. The van der Waals surface area contributed by atoms with Crippen molar-refractivity contribution in [1.29, 1.82) is 10.7 Å². The van der Waals surface area contributed by atoms with E-state index in [0.717, 1.165) is 17.5 Å². The molecule has 2 N–H and O–H groups in total. The van der Waals surface area contributed by atoms with Gasteiger partial charge in [0.25, 0.3) is 0 Å². The van der Waals surface area contributed by atoms with Crippen molar-refractivity contribution in [2.24, 2.45) is 0 Å². The predicted molar refractivity (Wildman–Crippen MR) is 79.5 cm³/mol. The molecule has 5 heteroatoms. The lowest BCUT2D eigenvalue weighted by molar-refractivity contribution is 1.16. The summed E-state index contributed by atoms with van der Waals surface area (Å²) in [6.45, 7) is 0. The van der Waals surface area contributed by atoms with Crippen LogP contribution in [0.3, 0.4) is 0 Å². The van der Waals surface area contributed by atoms with Gasteiger partial charge in [-0.3, -0.25) is 9.97 Å². The third kappa shape index (κ3) is 2.87. The molecule has 0 aliphatic heterocycles. The Morgan fingerprint density at radius 2 is 1.95 bits per heavy atom. The normalized spacial score (nSPS) is 10.2. The number of anilines is 1. The van der Waals surface area contributed by atoms with Crippen molar-refractivity contribution in [3.05, 3.63) is 53.1 Å². The van der Waals surface area contributed by atoms with Crippen LogP contribution in [0.15, 0.2) is 30.6 Å². The van der Waals surface area contributed by atoms with Crippen LogP contribution < -0.4 is 5.32 Å². The Morgan fingerprint density at radius 1 is 1.20 bits per heavy atom. The summed E-state index contributed by atoms with van der Waals surface area (Å²) in [7, 11) is 1.78. The molecule has 2 aromatic rings. The van der Waals surface area contributed by atoms with Crippen LogP contribution in [0.5, 0.6) is 0 Å². The molecule has 0 spiro atoms. The van der Waals surface area contributed by atoms with Crippen molar-refractivity contribution in [2.75, 3.05) is 12.4 Å². The van der Waals surface area contributed by atoms with Gasteiger partial charge in [0.2, 0.25) is 0 Å².